The minimum atomic E-state index is -0.192. The van der Waals surface area contributed by atoms with Gasteiger partial charge < -0.3 is 19.4 Å². The van der Waals surface area contributed by atoms with Crippen LogP contribution in [0.25, 0.3) is 10.9 Å². The second-order valence-corrected chi connectivity index (χ2v) is 9.14. The summed E-state index contributed by atoms with van der Waals surface area (Å²) in [5.41, 5.74) is 7.31. The minimum absolute atomic E-state index is 0.192. The van der Waals surface area contributed by atoms with Crippen molar-refractivity contribution in [2.24, 2.45) is 5.92 Å². The molecule has 7 heteroatoms. The molecule has 6 rings (SSSR count). The lowest BCUT2D eigenvalue weighted by Crippen LogP contribution is -2.40. The molecule has 0 saturated carbocycles. The van der Waals surface area contributed by atoms with Crippen molar-refractivity contribution in [1.29, 1.82) is 0 Å². The quantitative estimate of drug-likeness (QED) is 0.617. The van der Waals surface area contributed by atoms with Gasteiger partial charge in [-0.3, -0.25) is 4.90 Å². The summed E-state index contributed by atoms with van der Waals surface area (Å²) in [6.07, 6.45) is 7.13. The standard InChI is InChI=1S/C25H28FN3O3/c26-19-2-3-22-20(12-19)18(14-27-22)1-4-23-21-13-25-24(31-28-32-25)11-17(21)5-8-29(23)15-16-6-9-30-10-7-16/h2-3,11-14,16,23,27-28H,1,4-10,15H2. The maximum Gasteiger partial charge on any atom is 0.196 e. The number of fused-ring (bicyclic) bond motifs is 3. The van der Waals surface area contributed by atoms with Gasteiger partial charge in [0.1, 0.15) is 5.82 Å². The van der Waals surface area contributed by atoms with Crippen LogP contribution in [0.1, 0.15) is 42.0 Å². The Balaban J connectivity index is 1.29. The molecular weight excluding hydrogens is 409 g/mol. The van der Waals surface area contributed by atoms with Crippen molar-refractivity contribution in [2.75, 3.05) is 26.3 Å². The Hall–Kier alpha value is -2.61. The highest BCUT2D eigenvalue weighted by Gasteiger charge is 2.32. The average molecular weight is 438 g/mol. The van der Waals surface area contributed by atoms with E-state index in [2.05, 4.69) is 27.7 Å². The van der Waals surface area contributed by atoms with E-state index in [-0.39, 0.29) is 11.9 Å². The molecule has 1 saturated heterocycles. The van der Waals surface area contributed by atoms with E-state index in [9.17, 15) is 4.39 Å². The number of ether oxygens (including phenoxy) is 1. The number of hydrogen-bond donors (Lipinski definition) is 2. The van der Waals surface area contributed by atoms with Gasteiger partial charge in [0, 0.05) is 55.1 Å². The molecular formula is C25H28FN3O3. The molecule has 168 valence electrons. The van der Waals surface area contributed by atoms with E-state index >= 15 is 0 Å². The lowest BCUT2D eigenvalue weighted by Gasteiger charge is -2.40. The molecule has 4 heterocycles. The monoisotopic (exact) mass is 437 g/mol. The molecule has 3 aliphatic heterocycles. The predicted molar refractivity (Wildman–Crippen MR) is 119 cm³/mol. The van der Waals surface area contributed by atoms with Crippen molar-refractivity contribution in [1.82, 2.24) is 15.5 Å². The van der Waals surface area contributed by atoms with Gasteiger partial charge in [0.15, 0.2) is 11.5 Å². The van der Waals surface area contributed by atoms with Gasteiger partial charge in [0.2, 0.25) is 0 Å². The summed E-state index contributed by atoms with van der Waals surface area (Å²) in [5.74, 6) is 1.98. The number of hydrogen-bond acceptors (Lipinski definition) is 5. The lowest BCUT2D eigenvalue weighted by molar-refractivity contribution is 0.0259. The average Bonchev–Trinajstić information content (AvgIpc) is 3.44. The van der Waals surface area contributed by atoms with Crippen LogP contribution < -0.4 is 15.3 Å². The van der Waals surface area contributed by atoms with Crippen LogP contribution in [0, 0.1) is 11.7 Å². The summed E-state index contributed by atoms with van der Waals surface area (Å²) >= 11 is 0. The van der Waals surface area contributed by atoms with Gasteiger partial charge in [-0.25, -0.2) is 4.39 Å². The first-order valence-corrected chi connectivity index (χ1v) is 11.6. The molecule has 3 aromatic rings. The van der Waals surface area contributed by atoms with Gasteiger partial charge in [-0.05, 0) is 85.0 Å². The Labute approximate surface area is 186 Å². The van der Waals surface area contributed by atoms with Crippen molar-refractivity contribution in [2.45, 2.75) is 38.1 Å². The number of H-pyrrole nitrogens is 1. The largest absolute Gasteiger partial charge is 0.381 e. The first kappa shape index (κ1) is 20.0. The molecule has 0 aliphatic carbocycles. The van der Waals surface area contributed by atoms with Gasteiger partial charge in [-0.1, -0.05) is 0 Å². The van der Waals surface area contributed by atoms with Gasteiger partial charge in [0.25, 0.3) is 0 Å². The summed E-state index contributed by atoms with van der Waals surface area (Å²) in [7, 11) is 0. The van der Waals surface area contributed by atoms with E-state index in [1.807, 2.05) is 12.3 Å². The fraction of sp³-hybridized carbons (Fsp3) is 0.440. The number of nitrogens with one attached hydrogen (secondary N) is 2. The number of benzene rings is 2. The smallest absolute Gasteiger partial charge is 0.196 e. The van der Waals surface area contributed by atoms with Crippen LogP contribution in [0.4, 0.5) is 4.39 Å². The van der Waals surface area contributed by atoms with Crippen molar-refractivity contribution in [3.63, 3.8) is 0 Å². The number of aromatic amines is 1. The molecule has 1 atom stereocenters. The third kappa shape index (κ3) is 3.74. The van der Waals surface area contributed by atoms with Gasteiger partial charge >= 0.3 is 0 Å². The summed E-state index contributed by atoms with van der Waals surface area (Å²) in [5, 5.41) is 0.979. The number of halogens is 1. The van der Waals surface area contributed by atoms with Crippen LogP contribution in [0.2, 0.25) is 0 Å². The fourth-order valence-electron chi connectivity index (χ4n) is 5.50. The highest BCUT2D eigenvalue weighted by molar-refractivity contribution is 5.83. The molecule has 0 bridgehead atoms. The number of aromatic nitrogens is 1. The lowest BCUT2D eigenvalue weighted by atomic mass is 9.87. The van der Waals surface area contributed by atoms with Crippen LogP contribution in [0.3, 0.4) is 0 Å². The molecule has 0 amide bonds. The van der Waals surface area contributed by atoms with Gasteiger partial charge in [-0.15, -0.1) is 0 Å². The third-order valence-corrected chi connectivity index (χ3v) is 7.23. The molecule has 0 spiro atoms. The van der Waals surface area contributed by atoms with Crippen LogP contribution >= 0.6 is 0 Å². The van der Waals surface area contributed by atoms with E-state index in [4.69, 9.17) is 14.4 Å². The number of aryl methyl sites for hydroxylation is 1. The van der Waals surface area contributed by atoms with Crippen LogP contribution in [-0.4, -0.2) is 36.2 Å². The second-order valence-electron chi connectivity index (χ2n) is 9.14. The number of nitrogens with zero attached hydrogens (tertiary/aromatic N) is 1. The molecule has 1 fully saturated rings. The molecule has 0 radical (unpaired) electrons. The third-order valence-electron chi connectivity index (χ3n) is 7.23. The first-order chi connectivity index (χ1) is 15.7. The Morgan fingerprint density at radius 3 is 2.78 bits per heavy atom. The maximum atomic E-state index is 13.9. The van der Waals surface area contributed by atoms with Crippen molar-refractivity contribution in [3.05, 3.63) is 59.0 Å². The molecule has 2 N–H and O–H groups in total. The van der Waals surface area contributed by atoms with Crippen LogP contribution in [0.15, 0.2) is 36.5 Å². The zero-order valence-electron chi connectivity index (χ0n) is 18.0. The van der Waals surface area contributed by atoms with E-state index in [1.165, 1.54) is 22.8 Å². The second kappa shape index (κ2) is 8.39. The van der Waals surface area contributed by atoms with Crippen LogP contribution in [0.5, 0.6) is 11.5 Å². The highest BCUT2D eigenvalue weighted by atomic mass is 19.1. The Bertz CT molecular complexity index is 1130. The van der Waals surface area contributed by atoms with Crippen molar-refractivity contribution >= 4 is 10.9 Å². The molecule has 32 heavy (non-hydrogen) atoms. The van der Waals surface area contributed by atoms with E-state index in [0.717, 1.165) is 80.8 Å². The molecule has 1 aromatic heterocycles. The van der Waals surface area contributed by atoms with E-state index in [0.29, 0.717) is 5.92 Å². The fourth-order valence-corrected chi connectivity index (χ4v) is 5.50. The SMILES string of the molecule is Fc1ccc2[nH]cc(CCC3c4cc5c(cc4CCN3CC3CCOCC3)ONO5)c2c1. The molecule has 3 aliphatic rings. The Morgan fingerprint density at radius 1 is 1.06 bits per heavy atom. The van der Waals surface area contributed by atoms with Crippen LogP contribution in [-0.2, 0) is 17.6 Å². The zero-order chi connectivity index (χ0) is 21.5. The summed E-state index contributed by atoms with van der Waals surface area (Å²) in [4.78, 5) is 16.8. The summed E-state index contributed by atoms with van der Waals surface area (Å²) < 4.78 is 19.5. The highest BCUT2D eigenvalue weighted by Crippen LogP contribution is 2.42. The summed E-state index contributed by atoms with van der Waals surface area (Å²) in [6.45, 7) is 3.85. The van der Waals surface area contributed by atoms with E-state index in [1.54, 1.807) is 6.07 Å². The normalized spacial score (nSPS) is 21.2. The predicted octanol–water partition coefficient (Wildman–Crippen LogP) is 4.46. The Morgan fingerprint density at radius 2 is 1.91 bits per heavy atom. The molecule has 2 aromatic carbocycles. The molecule has 6 nitrogen and oxygen atoms in total. The van der Waals surface area contributed by atoms with Crippen molar-refractivity contribution in [3.8, 4) is 11.5 Å². The van der Waals surface area contributed by atoms with E-state index < -0.39 is 0 Å². The van der Waals surface area contributed by atoms with Gasteiger partial charge in [-0.2, -0.15) is 0 Å². The first-order valence-electron chi connectivity index (χ1n) is 11.6. The minimum Gasteiger partial charge on any atom is -0.381 e. The topological polar surface area (TPSA) is 58.8 Å². The van der Waals surface area contributed by atoms with Gasteiger partial charge in [0.05, 0.1) is 0 Å². The molecule has 1 unspecified atom stereocenters. The van der Waals surface area contributed by atoms with Crippen molar-refractivity contribution < 1.29 is 18.8 Å². The maximum absolute atomic E-state index is 13.9. The zero-order valence-corrected chi connectivity index (χ0v) is 18.0. The summed E-state index contributed by atoms with van der Waals surface area (Å²) in [6, 6.07) is 9.50. The number of rotatable bonds is 5. The Kier molecular flexibility index (Phi) is 5.25.